The summed E-state index contributed by atoms with van der Waals surface area (Å²) in [5.41, 5.74) is 1.25. The Bertz CT molecular complexity index is 642. The average molecular weight is 278 g/mol. The van der Waals surface area contributed by atoms with Gasteiger partial charge in [0.25, 0.3) is 0 Å². The number of nitrogens with zero attached hydrogens (tertiary/aromatic N) is 2. The summed E-state index contributed by atoms with van der Waals surface area (Å²) in [7, 11) is -3.43. The maximum atomic E-state index is 12.5. The second kappa shape index (κ2) is 4.62. The summed E-state index contributed by atoms with van der Waals surface area (Å²) in [6.45, 7) is 7.02. The summed E-state index contributed by atoms with van der Waals surface area (Å²) in [5.74, 6) is 0. The number of hydrogen-bond acceptors (Lipinski definition) is 3. The first kappa shape index (κ1) is 14.0. The number of hydrogen-bond donors (Lipinski definition) is 0. The molecular formula is C14H18N2O2S. The monoisotopic (exact) mass is 278 g/mol. The molecule has 1 aliphatic rings. The van der Waals surface area contributed by atoms with Gasteiger partial charge in [-0.1, -0.05) is 13.8 Å². The number of aryl methyl sites for hydroxylation is 1. The van der Waals surface area contributed by atoms with Gasteiger partial charge >= 0.3 is 0 Å². The third kappa shape index (κ3) is 2.65. The second-order valence-electron chi connectivity index (χ2n) is 5.84. The zero-order chi connectivity index (χ0) is 14.3. The van der Waals surface area contributed by atoms with Gasteiger partial charge in [-0.3, -0.25) is 0 Å². The molecular weight excluding hydrogens is 260 g/mol. The Hall–Kier alpha value is -1.38. The molecule has 0 atom stereocenters. The minimum Gasteiger partial charge on any atom is -0.207 e. The first-order chi connectivity index (χ1) is 8.76. The van der Waals surface area contributed by atoms with Gasteiger partial charge in [0, 0.05) is 13.1 Å². The fourth-order valence-electron chi connectivity index (χ4n) is 2.34. The molecule has 0 N–H and O–H groups in total. The normalized spacial score (nSPS) is 19.3. The van der Waals surface area contributed by atoms with Crippen molar-refractivity contribution in [2.75, 3.05) is 13.1 Å². The molecule has 0 unspecified atom stereocenters. The number of sulfonamides is 1. The Morgan fingerprint density at radius 1 is 1.37 bits per heavy atom. The molecule has 19 heavy (non-hydrogen) atoms. The lowest BCUT2D eigenvalue weighted by Crippen LogP contribution is -2.30. The van der Waals surface area contributed by atoms with Crippen molar-refractivity contribution in [3.63, 3.8) is 0 Å². The van der Waals surface area contributed by atoms with Crippen LogP contribution in [0, 0.1) is 23.7 Å². The van der Waals surface area contributed by atoms with Crippen LogP contribution < -0.4 is 0 Å². The molecule has 1 aromatic rings. The van der Waals surface area contributed by atoms with Crippen LogP contribution in [-0.4, -0.2) is 25.8 Å². The van der Waals surface area contributed by atoms with Gasteiger partial charge in [0.2, 0.25) is 10.0 Å². The van der Waals surface area contributed by atoms with Gasteiger partial charge in [0.15, 0.2) is 0 Å². The molecule has 1 aliphatic heterocycles. The van der Waals surface area contributed by atoms with Crippen molar-refractivity contribution < 1.29 is 8.42 Å². The average Bonchev–Trinajstić information content (AvgIpc) is 2.70. The third-order valence-corrected chi connectivity index (χ3v) is 5.44. The lowest BCUT2D eigenvalue weighted by atomic mass is 9.93. The van der Waals surface area contributed by atoms with Crippen molar-refractivity contribution in [2.24, 2.45) is 5.41 Å². The second-order valence-corrected chi connectivity index (χ2v) is 7.78. The van der Waals surface area contributed by atoms with Crippen molar-refractivity contribution in [3.8, 4) is 6.07 Å². The number of nitriles is 1. The molecule has 102 valence electrons. The van der Waals surface area contributed by atoms with Gasteiger partial charge in [-0.05, 0) is 42.5 Å². The Kier molecular flexibility index (Phi) is 3.41. The molecule has 1 aromatic carbocycles. The van der Waals surface area contributed by atoms with E-state index in [-0.39, 0.29) is 10.3 Å². The molecule has 1 fully saturated rings. The van der Waals surface area contributed by atoms with Crippen LogP contribution in [0.15, 0.2) is 23.1 Å². The zero-order valence-corrected chi connectivity index (χ0v) is 12.3. The quantitative estimate of drug-likeness (QED) is 0.834. The van der Waals surface area contributed by atoms with Crippen LogP contribution in [0.3, 0.4) is 0 Å². The number of rotatable bonds is 2. The SMILES string of the molecule is Cc1cc(S(=O)(=O)N2CCC(C)(C)C2)ccc1C#N. The molecule has 5 heteroatoms. The first-order valence-electron chi connectivity index (χ1n) is 6.27. The van der Waals surface area contributed by atoms with Gasteiger partial charge in [0.05, 0.1) is 16.5 Å². The van der Waals surface area contributed by atoms with Crippen LogP contribution in [0.4, 0.5) is 0 Å². The maximum absolute atomic E-state index is 12.5. The molecule has 4 nitrogen and oxygen atoms in total. The largest absolute Gasteiger partial charge is 0.243 e. The summed E-state index contributed by atoms with van der Waals surface area (Å²) in [6.07, 6.45) is 0.876. The van der Waals surface area contributed by atoms with E-state index in [0.717, 1.165) is 6.42 Å². The van der Waals surface area contributed by atoms with Gasteiger partial charge in [-0.25, -0.2) is 8.42 Å². The van der Waals surface area contributed by atoms with E-state index < -0.39 is 10.0 Å². The summed E-state index contributed by atoms with van der Waals surface area (Å²) in [6, 6.07) is 6.72. The van der Waals surface area contributed by atoms with Gasteiger partial charge in [-0.15, -0.1) is 0 Å². The van der Waals surface area contributed by atoms with Crippen molar-refractivity contribution in [1.29, 1.82) is 5.26 Å². The molecule has 0 spiro atoms. The highest BCUT2D eigenvalue weighted by Crippen LogP contribution is 2.32. The fourth-order valence-corrected chi connectivity index (χ4v) is 4.05. The van der Waals surface area contributed by atoms with E-state index >= 15 is 0 Å². The lowest BCUT2D eigenvalue weighted by Gasteiger charge is -2.20. The van der Waals surface area contributed by atoms with E-state index in [1.807, 2.05) is 6.07 Å². The molecule has 0 amide bonds. The van der Waals surface area contributed by atoms with Crippen molar-refractivity contribution in [1.82, 2.24) is 4.31 Å². The van der Waals surface area contributed by atoms with Crippen LogP contribution in [0.5, 0.6) is 0 Å². The predicted molar refractivity (Wildman–Crippen MR) is 73.1 cm³/mol. The van der Waals surface area contributed by atoms with Crippen LogP contribution in [0.25, 0.3) is 0 Å². The maximum Gasteiger partial charge on any atom is 0.243 e. The summed E-state index contributed by atoms with van der Waals surface area (Å²) >= 11 is 0. The van der Waals surface area contributed by atoms with Gasteiger partial charge < -0.3 is 0 Å². The van der Waals surface area contributed by atoms with E-state index in [2.05, 4.69) is 13.8 Å². The Morgan fingerprint density at radius 3 is 2.53 bits per heavy atom. The summed E-state index contributed by atoms with van der Waals surface area (Å²) in [4.78, 5) is 0.279. The fraction of sp³-hybridized carbons (Fsp3) is 0.500. The predicted octanol–water partition coefficient (Wildman–Crippen LogP) is 2.29. The highest BCUT2D eigenvalue weighted by Gasteiger charge is 2.36. The van der Waals surface area contributed by atoms with E-state index in [0.29, 0.717) is 24.2 Å². The van der Waals surface area contributed by atoms with Crippen LogP contribution in [0.2, 0.25) is 0 Å². The van der Waals surface area contributed by atoms with Crippen LogP contribution in [0.1, 0.15) is 31.4 Å². The third-order valence-electron chi connectivity index (χ3n) is 3.60. The minimum absolute atomic E-state index is 0.0364. The highest BCUT2D eigenvalue weighted by molar-refractivity contribution is 7.89. The summed E-state index contributed by atoms with van der Waals surface area (Å²) < 4.78 is 26.6. The Balaban J connectivity index is 2.36. The molecule has 0 radical (unpaired) electrons. The summed E-state index contributed by atoms with van der Waals surface area (Å²) in [5, 5.41) is 8.88. The minimum atomic E-state index is -3.43. The van der Waals surface area contributed by atoms with Gasteiger partial charge in [0.1, 0.15) is 0 Å². The molecule has 0 aliphatic carbocycles. The Labute approximate surface area is 114 Å². The van der Waals surface area contributed by atoms with E-state index in [9.17, 15) is 8.42 Å². The molecule has 2 rings (SSSR count). The molecule has 0 aromatic heterocycles. The van der Waals surface area contributed by atoms with Crippen molar-refractivity contribution >= 4 is 10.0 Å². The standard InChI is InChI=1S/C14H18N2O2S/c1-11-8-13(5-4-12(11)9-15)19(17,18)16-7-6-14(2,3)10-16/h4-5,8H,6-7,10H2,1-3H3. The lowest BCUT2D eigenvalue weighted by molar-refractivity contribution is 0.375. The van der Waals surface area contributed by atoms with Crippen LogP contribution in [-0.2, 0) is 10.0 Å². The smallest absolute Gasteiger partial charge is 0.207 e. The topological polar surface area (TPSA) is 61.2 Å². The molecule has 1 heterocycles. The van der Waals surface area contributed by atoms with Crippen molar-refractivity contribution in [3.05, 3.63) is 29.3 Å². The highest BCUT2D eigenvalue weighted by atomic mass is 32.2. The molecule has 0 bridgehead atoms. The number of benzene rings is 1. The van der Waals surface area contributed by atoms with E-state index in [4.69, 9.17) is 5.26 Å². The van der Waals surface area contributed by atoms with Crippen molar-refractivity contribution in [2.45, 2.75) is 32.1 Å². The zero-order valence-electron chi connectivity index (χ0n) is 11.5. The van der Waals surface area contributed by atoms with Gasteiger partial charge in [-0.2, -0.15) is 9.57 Å². The first-order valence-corrected chi connectivity index (χ1v) is 7.71. The molecule has 0 saturated carbocycles. The Morgan fingerprint density at radius 2 is 2.05 bits per heavy atom. The molecule has 1 saturated heterocycles. The van der Waals surface area contributed by atoms with Crippen LogP contribution >= 0.6 is 0 Å². The van der Waals surface area contributed by atoms with E-state index in [1.165, 1.54) is 10.4 Å². The van der Waals surface area contributed by atoms with E-state index in [1.54, 1.807) is 19.1 Å².